The molecule has 0 aliphatic carbocycles. The molecule has 0 radical (unpaired) electrons. The smallest absolute Gasteiger partial charge is 0.246 e. The lowest BCUT2D eigenvalue weighted by molar-refractivity contribution is -0.127. The lowest BCUT2D eigenvalue weighted by atomic mass is 9.90. The molecule has 0 saturated heterocycles. The van der Waals surface area contributed by atoms with Gasteiger partial charge in [0.2, 0.25) is 5.91 Å². The van der Waals surface area contributed by atoms with Crippen LogP contribution >= 0.6 is 34.3 Å². The summed E-state index contributed by atoms with van der Waals surface area (Å²) in [5.74, 6) is 0.207. The summed E-state index contributed by atoms with van der Waals surface area (Å²) >= 11 is 9.38. The van der Waals surface area contributed by atoms with Crippen LogP contribution in [-0.4, -0.2) is 17.4 Å². The predicted octanol–water partition coefficient (Wildman–Crippen LogP) is 4.12. The monoisotopic (exact) mass is 309 g/mol. The predicted molar refractivity (Wildman–Crippen MR) is 81.1 cm³/mol. The molecule has 19 heavy (non-hydrogen) atoms. The van der Waals surface area contributed by atoms with Crippen molar-refractivity contribution in [1.29, 1.82) is 0 Å². The molecular weight excluding hydrogens is 298 g/mol. The molecule has 0 aromatic carbocycles. The second-order valence-corrected chi connectivity index (χ2v) is 7.01. The Morgan fingerprint density at radius 3 is 3.11 bits per heavy atom. The average Bonchev–Trinajstić information content (AvgIpc) is 3.04. The molecule has 0 bridgehead atoms. The van der Waals surface area contributed by atoms with Crippen molar-refractivity contribution in [3.8, 4) is 0 Å². The first-order valence-electron chi connectivity index (χ1n) is 5.90. The fraction of sp³-hybridized carbons (Fsp3) is 0.214. The Morgan fingerprint density at radius 1 is 1.58 bits per heavy atom. The van der Waals surface area contributed by atoms with Crippen molar-refractivity contribution in [2.24, 2.45) is 0 Å². The number of rotatable bonds is 2. The van der Waals surface area contributed by atoms with Gasteiger partial charge in [-0.25, -0.2) is 0 Å². The fourth-order valence-corrected chi connectivity index (χ4v) is 4.51. The molecule has 2 aromatic rings. The first kappa shape index (κ1) is 12.9. The Bertz CT molecular complexity index is 617. The van der Waals surface area contributed by atoms with Gasteiger partial charge in [-0.3, -0.25) is 4.79 Å². The van der Waals surface area contributed by atoms with E-state index in [1.807, 2.05) is 11.0 Å². The Hall–Kier alpha value is -1.10. The third kappa shape index (κ3) is 2.36. The molecule has 98 valence electrons. The molecule has 0 spiro atoms. The summed E-state index contributed by atoms with van der Waals surface area (Å²) in [6, 6.07) is 4.16. The first-order chi connectivity index (χ1) is 9.19. The lowest BCUT2D eigenvalue weighted by Gasteiger charge is -2.32. The number of carbonyl (C=O) groups is 1. The van der Waals surface area contributed by atoms with E-state index >= 15 is 0 Å². The second kappa shape index (κ2) is 5.12. The van der Waals surface area contributed by atoms with E-state index in [-0.39, 0.29) is 11.8 Å². The molecule has 1 amide bonds. The van der Waals surface area contributed by atoms with Gasteiger partial charge in [0, 0.05) is 17.3 Å². The summed E-state index contributed by atoms with van der Waals surface area (Å²) in [7, 11) is 0. The van der Waals surface area contributed by atoms with E-state index < -0.39 is 0 Å². The highest BCUT2D eigenvalue weighted by atomic mass is 35.5. The number of hydrogen-bond donors (Lipinski definition) is 0. The number of carbonyl (C=O) groups excluding carboxylic acids is 1. The molecule has 0 saturated carbocycles. The van der Waals surface area contributed by atoms with Crippen LogP contribution in [0.2, 0.25) is 4.34 Å². The number of fused-ring (bicyclic) bond motifs is 1. The summed E-state index contributed by atoms with van der Waals surface area (Å²) in [6.45, 7) is 4.91. The fourth-order valence-electron chi connectivity index (χ4n) is 2.44. The Balaban J connectivity index is 2.02. The van der Waals surface area contributed by atoms with Crippen LogP contribution in [0.4, 0.5) is 0 Å². The molecule has 0 unspecified atom stereocenters. The minimum absolute atomic E-state index is 0.0181. The van der Waals surface area contributed by atoms with Crippen LogP contribution in [0.5, 0.6) is 0 Å². The van der Waals surface area contributed by atoms with Gasteiger partial charge in [-0.1, -0.05) is 18.2 Å². The van der Waals surface area contributed by atoms with Crippen LogP contribution in [-0.2, 0) is 11.3 Å². The van der Waals surface area contributed by atoms with Crippen molar-refractivity contribution in [3.63, 3.8) is 0 Å². The highest BCUT2D eigenvalue weighted by molar-refractivity contribution is 7.16. The van der Waals surface area contributed by atoms with Crippen molar-refractivity contribution < 1.29 is 4.79 Å². The van der Waals surface area contributed by atoms with E-state index in [1.54, 1.807) is 22.7 Å². The summed E-state index contributed by atoms with van der Waals surface area (Å²) in [6.07, 6.45) is 1.38. The number of halogens is 1. The van der Waals surface area contributed by atoms with Crippen LogP contribution in [0, 0.1) is 0 Å². The number of hydrogen-bond acceptors (Lipinski definition) is 3. The minimum atomic E-state index is -0.0181. The molecule has 0 fully saturated rings. The van der Waals surface area contributed by atoms with Gasteiger partial charge >= 0.3 is 0 Å². The summed E-state index contributed by atoms with van der Waals surface area (Å²) in [5, 5.41) is 4.21. The maximum absolute atomic E-state index is 11.9. The van der Waals surface area contributed by atoms with E-state index in [4.69, 9.17) is 11.6 Å². The standard InChI is InChI=1S/C14H12ClNOS2/c1-2-14(17)16-6-11(9-3-4-18-8-9)10-5-13(15)19-12(10)7-16/h2-5,8,11H,1,6-7H2/t11-/m0/s1. The third-order valence-corrected chi connectivity index (χ3v) is 5.32. The van der Waals surface area contributed by atoms with Crippen LogP contribution in [0.1, 0.15) is 21.9 Å². The third-order valence-electron chi connectivity index (χ3n) is 3.36. The molecule has 2 nitrogen and oxygen atoms in total. The van der Waals surface area contributed by atoms with Gasteiger partial charge < -0.3 is 4.90 Å². The van der Waals surface area contributed by atoms with E-state index in [0.29, 0.717) is 13.1 Å². The maximum Gasteiger partial charge on any atom is 0.246 e. The quantitative estimate of drug-likeness (QED) is 0.764. The molecule has 5 heteroatoms. The highest BCUT2D eigenvalue weighted by Gasteiger charge is 2.30. The van der Waals surface area contributed by atoms with Crippen LogP contribution < -0.4 is 0 Å². The van der Waals surface area contributed by atoms with E-state index in [0.717, 1.165) is 4.34 Å². The zero-order valence-electron chi connectivity index (χ0n) is 10.1. The molecule has 3 rings (SSSR count). The zero-order chi connectivity index (χ0) is 13.4. The van der Waals surface area contributed by atoms with Crippen LogP contribution in [0.15, 0.2) is 35.5 Å². The van der Waals surface area contributed by atoms with Crippen molar-refractivity contribution in [1.82, 2.24) is 4.90 Å². The molecule has 1 atom stereocenters. The van der Waals surface area contributed by atoms with Crippen LogP contribution in [0.25, 0.3) is 0 Å². The van der Waals surface area contributed by atoms with Crippen LogP contribution in [0.3, 0.4) is 0 Å². The van der Waals surface area contributed by atoms with E-state index in [9.17, 15) is 4.79 Å². The number of nitrogens with zero attached hydrogens (tertiary/aromatic N) is 1. The Morgan fingerprint density at radius 2 is 2.42 bits per heavy atom. The Labute approximate surface area is 124 Å². The van der Waals surface area contributed by atoms with Crippen molar-refractivity contribution >= 4 is 40.2 Å². The molecule has 2 aromatic heterocycles. The minimum Gasteiger partial charge on any atom is -0.333 e. The van der Waals surface area contributed by atoms with E-state index in [1.165, 1.54) is 22.1 Å². The van der Waals surface area contributed by atoms with Gasteiger partial charge in [0.15, 0.2) is 0 Å². The maximum atomic E-state index is 11.9. The topological polar surface area (TPSA) is 20.3 Å². The van der Waals surface area contributed by atoms with Gasteiger partial charge in [0.25, 0.3) is 0 Å². The van der Waals surface area contributed by atoms with Gasteiger partial charge in [0.1, 0.15) is 0 Å². The summed E-state index contributed by atoms with van der Waals surface area (Å²) < 4.78 is 0.790. The normalized spacial score (nSPS) is 18.2. The number of amides is 1. The average molecular weight is 310 g/mol. The van der Waals surface area contributed by atoms with Gasteiger partial charge in [-0.05, 0) is 40.1 Å². The molecule has 1 aliphatic heterocycles. The SMILES string of the molecule is C=CC(=O)N1Cc2sc(Cl)cc2[C@H](c2ccsc2)C1. The van der Waals surface area contributed by atoms with Crippen molar-refractivity contribution in [3.05, 3.63) is 55.9 Å². The van der Waals surface area contributed by atoms with Crippen molar-refractivity contribution in [2.45, 2.75) is 12.5 Å². The first-order valence-corrected chi connectivity index (χ1v) is 8.04. The van der Waals surface area contributed by atoms with Gasteiger partial charge in [0.05, 0.1) is 10.9 Å². The van der Waals surface area contributed by atoms with E-state index in [2.05, 4.69) is 23.4 Å². The Kier molecular flexibility index (Phi) is 3.48. The zero-order valence-corrected chi connectivity index (χ0v) is 12.5. The van der Waals surface area contributed by atoms with Crippen molar-refractivity contribution in [2.75, 3.05) is 6.54 Å². The second-order valence-electron chi connectivity index (χ2n) is 4.46. The lowest BCUT2D eigenvalue weighted by Crippen LogP contribution is -2.36. The molecule has 3 heterocycles. The molecule has 0 N–H and O–H groups in total. The molecule has 1 aliphatic rings. The number of thiophene rings is 2. The summed E-state index contributed by atoms with van der Waals surface area (Å²) in [4.78, 5) is 14.9. The largest absolute Gasteiger partial charge is 0.333 e. The van der Waals surface area contributed by atoms with Gasteiger partial charge in [-0.2, -0.15) is 11.3 Å². The van der Waals surface area contributed by atoms with Gasteiger partial charge in [-0.15, -0.1) is 11.3 Å². The highest BCUT2D eigenvalue weighted by Crippen LogP contribution is 2.40. The molecular formula is C14H12ClNOS2. The summed E-state index contributed by atoms with van der Waals surface area (Å²) in [5.41, 5.74) is 2.52.